The Kier molecular flexibility index (Phi) is 6.04. The fraction of sp³-hybridized carbons (Fsp3) is 0.115. The van der Waals surface area contributed by atoms with Crippen LogP contribution in [0.1, 0.15) is 22.3 Å². The lowest BCUT2D eigenvalue weighted by atomic mass is 10.0. The lowest BCUT2D eigenvalue weighted by molar-refractivity contribution is -0.122. The average molecular weight is 444 g/mol. The maximum atomic E-state index is 13.9. The number of para-hydroxylation sites is 1. The highest BCUT2D eigenvalue weighted by molar-refractivity contribution is 6.39. The molecule has 3 aromatic rings. The monoisotopic (exact) mass is 444 g/mol. The van der Waals surface area contributed by atoms with Crippen molar-refractivity contribution in [2.45, 2.75) is 20.5 Å². The topological polar surface area (TPSA) is 75.7 Å². The smallest absolute Gasteiger partial charge is 0.335 e. The Bertz CT molecular complexity index is 1300. The molecular weight excluding hydrogens is 423 g/mol. The Morgan fingerprint density at radius 1 is 0.970 bits per heavy atom. The van der Waals surface area contributed by atoms with Gasteiger partial charge < -0.3 is 4.74 Å². The summed E-state index contributed by atoms with van der Waals surface area (Å²) in [6.45, 7) is 3.60. The molecule has 4 rings (SSSR count). The number of amides is 4. The Balaban J connectivity index is 1.67. The highest BCUT2D eigenvalue weighted by Crippen LogP contribution is 2.28. The zero-order valence-electron chi connectivity index (χ0n) is 18.1. The summed E-state index contributed by atoms with van der Waals surface area (Å²) in [6.07, 6.45) is 1.37. The van der Waals surface area contributed by atoms with Crippen LogP contribution in [0.3, 0.4) is 0 Å². The van der Waals surface area contributed by atoms with E-state index in [0.29, 0.717) is 28.1 Å². The zero-order chi connectivity index (χ0) is 23.5. The number of anilines is 1. The second-order valence-corrected chi connectivity index (χ2v) is 7.67. The number of ether oxygens (including phenoxy) is 1. The molecule has 7 heteroatoms. The van der Waals surface area contributed by atoms with Crippen LogP contribution in [0.25, 0.3) is 6.08 Å². The van der Waals surface area contributed by atoms with Crippen molar-refractivity contribution < 1.29 is 23.5 Å². The number of rotatable bonds is 5. The van der Waals surface area contributed by atoms with E-state index in [1.54, 1.807) is 61.5 Å². The molecule has 1 aliphatic rings. The van der Waals surface area contributed by atoms with E-state index in [9.17, 15) is 18.8 Å². The fourth-order valence-corrected chi connectivity index (χ4v) is 3.49. The SMILES string of the molecule is Cc1ccc(C)c(N2C(=O)NC(=O)/C(=C\c3ccccc3OCc3ccccc3F)C2=O)c1. The van der Waals surface area contributed by atoms with E-state index >= 15 is 0 Å². The number of nitrogens with one attached hydrogen (secondary N) is 1. The molecule has 6 nitrogen and oxygen atoms in total. The van der Waals surface area contributed by atoms with Crippen molar-refractivity contribution in [3.63, 3.8) is 0 Å². The minimum atomic E-state index is -0.806. The Hall–Kier alpha value is -4.26. The van der Waals surface area contributed by atoms with Gasteiger partial charge in [-0.25, -0.2) is 14.1 Å². The van der Waals surface area contributed by atoms with Gasteiger partial charge in [0, 0.05) is 11.1 Å². The first-order chi connectivity index (χ1) is 15.8. The van der Waals surface area contributed by atoms with E-state index in [1.807, 2.05) is 13.0 Å². The molecule has 4 amide bonds. The van der Waals surface area contributed by atoms with Crippen molar-refractivity contribution in [1.29, 1.82) is 0 Å². The summed E-state index contributed by atoms with van der Waals surface area (Å²) in [6, 6.07) is 17.6. The van der Waals surface area contributed by atoms with Gasteiger partial charge in [-0.15, -0.1) is 0 Å². The lowest BCUT2D eigenvalue weighted by Gasteiger charge is -2.28. The Morgan fingerprint density at radius 3 is 2.48 bits per heavy atom. The number of carbonyl (C=O) groups is 3. The van der Waals surface area contributed by atoms with Crippen molar-refractivity contribution in [3.05, 3.63) is 100 Å². The minimum absolute atomic E-state index is 0.0277. The van der Waals surface area contributed by atoms with Crippen molar-refractivity contribution in [1.82, 2.24) is 5.32 Å². The highest BCUT2D eigenvalue weighted by Gasteiger charge is 2.37. The van der Waals surface area contributed by atoms with Gasteiger partial charge in [-0.3, -0.25) is 14.9 Å². The second kappa shape index (κ2) is 9.08. The average Bonchev–Trinajstić information content (AvgIpc) is 2.79. The molecule has 0 bridgehead atoms. The molecule has 33 heavy (non-hydrogen) atoms. The molecule has 0 saturated carbocycles. The highest BCUT2D eigenvalue weighted by atomic mass is 19.1. The molecule has 1 fully saturated rings. The number of aryl methyl sites for hydroxylation is 2. The molecule has 0 aromatic heterocycles. The van der Waals surface area contributed by atoms with Gasteiger partial charge in [0.25, 0.3) is 11.8 Å². The summed E-state index contributed by atoms with van der Waals surface area (Å²) in [5.74, 6) is -1.56. The van der Waals surface area contributed by atoms with Gasteiger partial charge in [-0.2, -0.15) is 0 Å². The van der Waals surface area contributed by atoms with Crippen molar-refractivity contribution in [2.24, 2.45) is 0 Å². The third-order valence-electron chi connectivity index (χ3n) is 5.27. The molecule has 0 aliphatic carbocycles. The van der Waals surface area contributed by atoms with Gasteiger partial charge in [0.05, 0.1) is 5.69 Å². The Labute approximate surface area is 190 Å². The molecule has 0 radical (unpaired) electrons. The first-order valence-electron chi connectivity index (χ1n) is 10.3. The van der Waals surface area contributed by atoms with Crippen LogP contribution in [0.5, 0.6) is 5.75 Å². The van der Waals surface area contributed by atoms with E-state index in [-0.39, 0.29) is 12.2 Å². The first-order valence-corrected chi connectivity index (χ1v) is 10.3. The van der Waals surface area contributed by atoms with E-state index < -0.39 is 23.7 Å². The molecule has 0 unspecified atom stereocenters. The van der Waals surface area contributed by atoms with E-state index in [0.717, 1.165) is 10.5 Å². The molecule has 1 heterocycles. The van der Waals surface area contributed by atoms with Gasteiger partial charge >= 0.3 is 6.03 Å². The number of imide groups is 2. The summed E-state index contributed by atoms with van der Waals surface area (Å²) in [7, 11) is 0. The molecule has 0 atom stereocenters. The summed E-state index contributed by atoms with van der Waals surface area (Å²) >= 11 is 0. The van der Waals surface area contributed by atoms with Crippen LogP contribution in [0.2, 0.25) is 0 Å². The Morgan fingerprint density at radius 2 is 1.70 bits per heavy atom. The van der Waals surface area contributed by atoms with Crippen LogP contribution in [-0.2, 0) is 16.2 Å². The fourth-order valence-electron chi connectivity index (χ4n) is 3.49. The molecule has 1 N–H and O–H groups in total. The quantitative estimate of drug-likeness (QED) is 0.458. The first kappa shape index (κ1) is 22.0. The molecule has 3 aromatic carbocycles. The van der Waals surface area contributed by atoms with E-state index in [1.165, 1.54) is 12.1 Å². The predicted octanol–water partition coefficient (Wildman–Crippen LogP) is 4.69. The minimum Gasteiger partial charge on any atom is -0.488 e. The number of hydrogen-bond acceptors (Lipinski definition) is 4. The van der Waals surface area contributed by atoms with Crippen LogP contribution < -0.4 is 15.0 Å². The molecular formula is C26H21FN2O4. The number of halogens is 1. The van der Waals surface area contributed by atoms with Crippen molar-refractivity contribution >= 4 is 29.6 Å². The summed E-state index contributed by atoms with van der Waals surface area (Å²) in [5.41, 5.74) is 2.59. The molecule has 1 saturated heterocycles. The normalized spacial score (nSPS) is 15.1. The largest absolute Gasteiger partial charge is 0.488 e. The summed E-state index contributed by atoms with van der Waals surface area (Å²) in [5, 5.41) is 2.23. The van der Waals surface area contributed by atoms with Crippen LogP contribution in [0.15, 0.2) is 72.3 Å². The lowest BCUT2D eigenvalue weighted by Crippen LogP contribution is -2.54. The number of nitrogens with zero attached hydrogens (tertiary/aromatic N) is 1. The second-order valence-electron chi connectivity index (χ2n) is 7.67. The van der Waals surface area contributed by atoms with Crippen LogP contribution in [-0.4, -0.2) is 17.8 Å². The maximum absolute atomic E-state index is 13.9. The van der Waals surface area contributed by atoms with Gasteiger partial charge in [-0.1, -0.05) is 48.5 Å². The maximum Gasteiger partial charge on any atom is 0.335 e. The number of benzene rings is 3. The van der Waals surface area contributed by atoms with Crippen molar-refractivity contribution in [3.8, 4) is 5.75 Å². The molecule has 166 valence electrons. The number of hydrogen-bond donors (Lipinski definition) is 1. The summed E-state index contributed by atoms with van der Waals surface area (Å²) < 4.78 is 19.7. The molecule has 1 aliphatic heterocycles. The van der Waals surface area contributed by atoms with Gasteiger partial charge in [-0.05, 0) is 49.2 Å². The third kappa shape index (κ3) is 4.52. The zero-order valence-corrected chi connectivity index (χ0v) is 18.1. The van der Waals surface area contributed by atoms with Crippen LogP contribution in [0.4, 0.5) is 14.9 Å². The van der Waals surface area contributed by atoms with Crippen LogP contribution in [0, 0.1) is 19.7 Å². The van der Waals surface area contributed by atoms with Gasteiger partial charge in [0.15, 0.2) is 0 Å². The number of urea groups is 1. The van der Waals surface area contributed by atoms with Crippen LogP contribution >= 0.6 is 0 Å². The van der Waals surface area contributed by atoms with E-state index in [2.05, 4.69) is 5.32 Å². The third-order valence-corrected chi connectivity index (χ3v) is 5.27. The molecule has 0 spiro atoms. The standard InChI is InChI=1S/C26H21FN2O4/c1-16-11-12-17(2)22(13-16)29-25(31)20(24(30)28-26(29)32)14-18-7-4-6-10-23(18)33-15-19-8-3-5-9-21(19)27/h3-14H,15H2,1-2H3,(H,28,30,32)/b20-14+. The summed E-state index contributed by atoms with van der Waals surface area (Å²) in [4.78, 5) is 39.3. The van der Waals surface area contributed by atoms with E-state index in [4.69, 9.17) is 4.74 Å². The number of carbonyl (C=O) groups excluding carboxylic acids is 3. The predicted molar refractivity (Wildman–Crippen MR) is 122 cm³/mol. The van der Waals surface area contributed by atoms with Gasteiger partial charge in [0.2, 0.25) is 0 Å². The van der Waals surface area contributed by atoms with Crippen molar-refractivity contribution in [2.75, 3.05) is 4.90 Å². The van der Waals surface area contributed by atoms with Gasteiger partial charge in [0.1, 0.15) is 23.7 Å². The number of barbiturate groups is 1.